The van der Waals surface area contributed by atoms with E-state index in [2.05, 4.69) is 12.2 Å². The number of aryl methyl sites for hydroxylation is 1. The van der Waals surface area contributed by atoms with E-state index in [9.17, 15) is 9.59 Å². The highest BCUT2D eigenvalue weighted by molar-refractivity contribution is 6.01. The molecule has 21 heavy (non-hydrogen) atoms. The molecule has 4 nitrogen and oxygen atoms in total. The zero-order valence-corrected chi connectivity index (χ0v) is 12.9. The molecule has 1 unspecified atom stereocenters. The molecule has 1 atom stereocenters. The largest absolute Gasteiger partial charge is 0.481 e. The number of nitrogens with one attached hydrogen (secondary N) is 1. The van der Waals surface area contributed by atoms with Crippen LogP contribution in [-0.4, -0.2) is 29.4 Å². The summed E-state index contributed by atoms with van der Waals surface area (Å²) in [6.07, 6.45) is 4.20. The summed E-state index contributed by atoms with van der Waals surface area (Å²) in [7, 11) is 0. The Morgan fingerprint density at radius 2 is 1.81 bits per heavy atom. The fraction of sp³-hybridized carbons (Fsp3) is 0.529. The fourth-order valence-corrected chi connectivity index (χ4v) is 2.18. The van der Waals surface area contributed by atoms with E-state index in [1.165, 1.54) is 0 Å². The first-order valence-electron chi connectivity index (χ1n) is 7.60. The second kappa shape index (κ2) is 9.29. The molecule has 1 rings (SSSR count). The number of hydrogen-bond donors (Lipinski definition) is 2. The minimum atomic E-state index is -0.957. The lowest BCUT2D eigenvalue weighted by molar-refractivity contribution is -0.137. The number of carbonyl (C=O) groups is 2. The van der Waals surface area contributed by atoms with Crippen LogP contribution in [0.4, 0.5) is 0 Å². The second-order valence-corrected chi connectivity index (χ2v) is 5.40. The molecular weight excluding hydrogens is 266 g/mol. The molecule has 1 aromatic carbocycles. The van der Waals surface area contributed by atoms with Crippen molar-refractivity contribution in [1.29, 1.82) is 0 Å². The van der Waals surface area contributed by atoms with E-state index in [1.54, 1.807) is 12.1 Å². The number of rotatable bonds is 10. The highest BCUT2D eigenvalue weighted by Gasteiger charge is 2.22. The van der Waals surface area contributed by atoms with Crippen LogP contribution in [0.25, 0.3) is 0 Å². The van der Waals surface area contributed by atoms with Crippen LogP contribution in [0, 0.1) is 6.92 Å². The van der Waals surface area contributed by atoms with Crippen LogP contribution in [0.3, 0.4) is 0 Å². The summed E-state index contributed by atoms with van der Waals surface area (Å²) < 4.78 is 0. The molecule has 0 saturated heterocycles. The van der Waals surface area contributed by atoms with Crippen LogP contribution < -0.4 is 5.32 Å². The number of carboxylic acid groups (broad SMARTS) is 1. The average Bonchev–Trinajstić information content (AvgIpc) is 2.45. The predicted octanol–water partition coefficient (Wildman–Crippen LogP) is 3.19. The third kappa shape index (κ3) is 6.54. The number of aliphatic carboxylic acids is 1. The van der Waals surface area contributed by atoms with Crippen molar-refractivity contribution < 1.29 is 14.7 Å². The predicted molar refractivity (Wildman–Crippen MR) is 83.7 cm³/mol. The van der Waals surface area contributed by atoms with Crippen LogP contribution in [-0.2, 0) is 4.79 Å². The lowest BCUT2D eigenvalue weighted by atomic mass is 10.0. The minimum Gasteiger partial charge on any atom is -0.481 e. The Kier molecular flexibility index (Phi) is 7.69. The van der Waals surface area contributed by atoms with Crippen LogP contribution in [0.15, 0.2) is 24.3 Å². The summed E-state index contributed by atoms with van der Waals surface area (Å²) in [5.74, 6) is -1.10. The van der Waals surface area contributed by atoms with E-state index in [-0.39, 0.29) is 12.2 Å². The summed E-state index contributed by atoms with van der Waals surface area (Å²) in [5.41, 5.74) is 1.64. The Morgan fingerprint density at radius 1 is 1.14 bits per heavy atom. The molecule has 0 amide bonds. The quantitative estimate of drug-likeness (QED) is 0.513. The molecule has 2 N–H and O–H groups in total. The van der Waals surface area contributed by atoms with Crippen molar-refractivity contribution in [2.24, 2.45) is 0 Å². The number of ketones is 1. The smallest absolute Gasteiger partial charge is 0.305 e. The first-order valence-corrected chi connectivity index (χ1v) is 7.60. The van der Waals surface area contributed by atoms with Gasteiger partial charge in [-0.3, -0.25) is 9.59 Å². The Balaban J connectivity index is 2.61. The third-order valence-corrected chi connectivity index (χ3v) is 3.45. The summed E-state index contributed by atoms with van der Waals surface area (Å²) in [6.45, 7) is 4.77. The third-order valence-electron chi connectivity index (χ3n) is 3.45. The number of unbranched alkanes of at least 4 members (excludes halogenated alkanes) is 3. The maximum absolute atomic E-state index is 12.4. The molecular formula is C17H25NO3. The number of hydrogen-bond acceptors (Lipinski definition) is 3. The van der Waals surface area contributed by atoms with Crippen LogP contribution in [0.2, 0.25) is 0 Å². The van der Waals surface area contributed by atoms with Gasteiger partial charge in [-0.25, -0.2) is 0 Å². The lowest BCUT2D eigenvalue weighted by Crippen LogP contribution is -2.39. The molecule has 0 aromatic heterocycles. The molecule has 0 fully saturated rings. The molecule has 1 aromatic rings. The zero-order chi connectivity index (χ0) is 15.7. The van der Waals surface area contributed by atoms with Gasteiger partial charge < -0.3 is 10.4 Å². The second-order valence-electron chi connectivity index (χ2n) is 5.40. The molecule has 4 heteroatoms. The SMILES string of the molecule is CCCCCCNC(CC(=O)O)C(=O)c1ccc(C)cc1. The molecule has 116 valence electrons. The first-order chi connectivity index (χ1) is 10.0. The molecule has 0 spiro atoms. The number of Topliss-reactive ketones (excluding diaryl/α,β-unsaturated/α-hetero) is 1. The van der Waals surface area contributed by atoms with Crippen molar-refractivity contribution in [2.75, 3.05) is 6.54 Å². The maximum atomic E-state index is 12.4. The van der Waals surface area contributed by atoms with E-state index in [0.29, 0.717) is 12.1 Å². The van der Waals surface area contributed by atoms with Gasteiger partial charge in [-0.15, -0.1) is 0 Å². The summed E-state index contributed by atoms with van der Waals surface area (Å²) in [4.78, 5) is 23.3. The standard InChI is InChI=1S/C17H25NO3/c1-3-4-5-6-11-18-15(12-16(19)20)17(21)14-9-7-13(2)8-10-14/h7-10,15,18H,3-6,11-12H2,1-2H3,(H,19,20). The highest BCUT2D eigenvalue weighted by Crippen LogP contribution is 2.09. The molecule has 0 saturated carbocycles. The van der Waals surface area contributed by atoms with Gasteiger partial charge in [-0.2, -0.15) is 0 Å². The van der Waals surface area contributed by atoms with Crippen LogP contribution >= 0.6 is 0 Å². The van der Waals surface area contributed by atoms with Crippen LogP contribution in [0.1, 0.15) is 54.9 Å². The topological polar surface area (TPSA) is 66.4 Å². The normalized spacial score (nSPS) is 12.1. The van der Waals surface area contributed by atoms with Crippen molar-refractivity contribution in [3.8, 4) is 0 Å². The average molecular weight is 291 g/mol. The van der Waals surface area contributed by atoms with Gasteiger partial charge in [0.2, 0.25) is 0 Å². The van der Waals surface area contributed by atoms with E-state index < -0.39 is 12.0 Å². The van der Waals surface area contributed by atoms with Crippen molar-refractivity contribution in [3.05, 3.63) is 35.4 Å². The molecule has 0 aliphatic rings. The van der Waals surface area contributed by atoms with Crippen molar-refractivity contribution in [1.82, 2.24) is 5.32 Å². The zero-order valence-electron chi connectivity index (χ0n) is 12.9. The van der Waals surface area contributed by atoms with Gasteiger partial charge in [-0.05, 0) is 19.9 Å². The van der Waals surface area contributed by atoms with E-state index in [4.69, 9.17) is 5.11 Å². The summed E-state index contributed by atoms with van der Waals surface area (Å²) in [5, 5.41) is 12.1. The number of benzene rings is 1. The van der Waals surface area contributed by atoms with Crippen molar-refractivity contribution in [3.63, 3.8) is 0 Å². The van der Waals surface area contributed by atoms with E-state index >= 15 is 0 Å². The van der Waals surface area contributed by atoms with Gasteiger partial charge in [0.05, 0.1) is 12.5 Å². The van der Waals surface area contributed by atoms with Gasteiger partial charge in [-0.1, -0.05) is 56.0 Å². The van der Waals surface area contributed by atoms with Gasteiger partial charge >= 0.3 is 5.97 Å². The molecule has 0 aliphatic carbocycles. The van der Waals surface area contributed by atoms with Gasteiger partial charge in [0.25, 0.3) is 0 Å². The Bertz CT molecular complexity index is 454. The van der Waals surface area contributed by atoms with Gasteiger partial charge in [0, 0.05) is 5.56 Å². The van der Waals surface area contributed by atoms with Gasteiger partial charge in [0.1, 0.15) is 0 Å². The molecule has 0 heterocycles. The number of carbonyl (C=O) groups excluding carboxylic acids is 1. The Hall–Kier alpha value is -1.68. The molecule has 0 radical (unpaired) electrons. The van der Waals surface area contributed by atoms with Gasteiger partial charge in [0.15, 0.2) is 5.78 Å². The maximum Gasteiger partial charge on any atom is 0.305 e. The Labute approximate surface area is 126 Å². The van der Waals surface area contributed by atoms with Crippen LogP contribution in [0.5, 0.6) is 0 Å². The first kappa shape index (κ1) is 17.4. The summed E-state index contributed by atoms with van der Waals surface area (Å²) >= 11 is 0. The van der Waals surface area contributed by atoms with E-state index in [0.717, 1.165) is 31.2 Å². The molecule has 0 aliphatic heterocycles. The minimum absolute atomic E-state index is 0.145. The monoisotopic (exact) mass is 291 g/mol. The summed E-state index contributed by atoms with van der Waals surface area (Å²) in [6, 6.07) is 6.60. The Morgan fingerprint density at radius 3 is 2.38 bits per heavy atom. The van der Waals surface area contributed by atoms with E-state index in [1.807, 2.05) is 19.1 Å². The number of carboxylic acids is 1. The lowest BCUT2D eigenvalue weighted by Gasteiger charge is -2.16. The van der Waals surface area contributed by atoms with Crippen molar-refractivity contribution in [2.45, 2.75) is 52.0 Å². The molecule has 0 bridgehead atoms. The highest BCUT2D eigenvalue weighted by atomic mass is 16.4. The fourth-order valence-electron chi connectivity index (χ4n) is 2.18. The van der Waals surface area contributed by atoms with Crippen molar-refractivity contribution >= 4 is 11.8 Å².